The fraction of sp³-hybridized carbons (Fsp3) is 0.583. The molecule has 3 nitrogen and oxygen atoms in total. The predicted octanol–water partition coefficient (Wildman–Crippen LogP) is 3.26. The van der Waals surface area contributed by atoms with Crippen molar-refractivity contribution < 1.29 is 4.74 Å². The maximum absolute atomic E-state index is 5.46. The summed E-state index contributed by atoms with van der Waals surface area (Å²) >= 11 is 6.93. The minimum atomic E-state index is 0.351. The van der Waals surface area contributed by atoms with Crippen molar-refractivity contribution in [3.8, 4) is 0 Å². The topological polar surface area (TPSA) is 34.1 Å². The van der Waals surface area contributed by atoms with E-state index in [0.717, 1.165) is 27.6 Å². The fourth-order valence-electron chi connectivity index (χ4n) is 2.24. The monoisotopic (exact) mass is 362 g/mol. The van der Waals surface area contributed by atoms with E-state index in [1.54, 1.807) is 7.11 Å². The zero-order valence-corrected chi connectivity index (χ0v) is 12.9. The largest absolute Gasteiger partial charge is 0.380 e. The quantitative estimate of drug-likeness (QED) is 0.891. The number of halogens is 2. The Labute approximate surface area is 119 Å². The molecule has 0 amide bonds. The third kappa shape index (κ3) is 3.50. The summed E-state index contributed by atoms with van der Waals surface area (Å²) in [6, 6.07) is 2.48. The number of ether oxygens (including phenoxy) is 1. The lowest BCUT2D eigenvalue weighted by Crippen LogP contribution is -2.36. The Morgan fingerprint density at radius 2 is 2.29 bits per heavy atom. The standard InChI is InChI=1S/C12H16Br2N2O/c1-17-12-4-2-3-10(12)16-7-11-9(14)5-8(13)6-15-11/h5-6,10,12,16H,2-4,7H2,1H3. The summed E-state index contributed by atoms with van der Waals surface area (Å²) in [5.74, 6) is 0. The molecule has 0 spiro atoms. The van der Waals surface area contributed by atoms with E-state index >= 15 is 0 Å². The van der Waals surface area contributed by atoms with Crippen LogP contribution in [0.1, 0.15) is 25.0 Å². The zero-order chi connectivity index (χ0) is 12.3. The molecule has 1 aliphatic rings. The molecule has 1 aromatic rings. The van der Waals surface area contributed by atoms with Crippen LogP contribution in [0.2, 0.25) is 0 Å². The number of nitrogens with zero attached hydrogens (tertiary/aromatic N) is 1. The third-order valence-corrected chi connectivity index (χ3v) is 4.29. The number of aromatic nitrogens is 1. The SMILES string of the molecule is COC1CCCC1NCc1ncc(Br)cc1Br. The molecule has 1 saturated carbocycles. The molecule has 5 heteroatoms. The van der Waals surface area contributed by atoms with Gasteiger partial charge in [-0.3, -0.25) is 4.98 Å². The Morgan fingerprint density at radius 3 is 3.00 bits per heavy atom. The normalized spacial score (nSPS) is 24.2. The van der Waals surface area contributed by atoms with E-state index in [2.05, 4.69) is 42.2 Å². The molecular formula is C12H16Br2N2O. The van der Waals surface area contributed by atoms with Gasteiger partial charge in [0, 0.05) is 34.8 Å². The Kier molecular flexibility index (Phi) is 4.97. The summed E-state index contributed by atoms with van der Waals surface area (Å²) in [7, 11) is 1.79. The third-order valence-electron chi connectivity index (χ3n) is 3.17. The van der Waals surface area contributed by atoms with Gasteiger partial charge in [-0.1, -0.05) is 0 Å². The smallest absolute Gasteiger partial charge is 0.0724 e. The maximum Gasteiger partial charge on any atom is 0.0724 e. The van der Waals surface area contributed by atoms with Crippen molar-refractivity contribution in [2.24, 2.45) is 0 Å². The number of hydrogen-bond donors (Lipinski definition) is 1. The molecule has 1 N–H and O–H groups in total. The molecular weight excluding hydrogens is 348 g/mol. The molecule has 0 bridgehead atoms. The molecule has 0 saturated heterocycles. The Morgan fingerprint density at radius 1 is 1.47 bits per heavy atom. The van der Waals surface area contributed by atoms with Crippen molar-refractivity contribution in [1.29, 1.82) is 0 Å². The van der Waals surface area contributed by atoms with Crippen molar-refractivity contribution in [2.45, 2.75) is 38.0 Å². The molecule has 1 aliphatic carbocycles. The summed E-state index contributed by atoms with van der Waals surface area (Å²) in [5.41, 5.74) is 1.04. The number of pyridine rings is 1. The van der Waals surface area contributed by atoms with Gasteiger partial charge >= 0.3 is 0 Å². The van der Waals surface area contributed by atoms with E-state index in [1.807, 2.05) is 12.3 Å². The summed E-state index contributed by atoms with van der Waals surface area (Å²) in [6.45, 7) is 0.776. The van der Waals surface area contributed by atoms with Crippen LogP contribution in [0.5, 0.6) is 0 Å². The number of methoxy groups -OCH3 is 1. The average molecular weight is 364 g/mol. The van der Waals surface area contributed by atoms with Crippen LogP contribution in [0.3, 0.4) is 0 Å². The minimum absolute atomic E-state index is 0.351. The molecule has 2 unspecified atom stereocenters. The molecule has 1 fully saturated rings. The lowest BCUT2D eigenvalue weighted by atomic mass is 10.2. The highest BCUT2D eigenvalue weighted by Gasteiger charge is 2.26. The summed E-state index contributed by atoms with van der Waals surface area (Å²) < 4.78 is 7.48. The van der Waals surface area contributed by atoms with E-state index in [0.29, 0.717) is 12.1 Å². The van der Waals surface area contributed by atoms with Gasteiger partial charge in [-0.15, -0.1) is 0 Å². The van der Waals surface area contributed by atoms with E-state index in [4.69, 9.17) is 4.74 Å². The minimum Gasteiger partial charge on any atom is -0.380 e. The molecule has 1 heterocycles. The summed E-state index contributed by atoms with van der Waals surface area (Å²) in [4.78, 5) is 4.39. The number of rotatable bonds is 4. The molecule has 0 radical (unpaired) electrons. The highest BCUT2D eigenvalue weighted by atomic mass is 79.9. The van der Waals surface area contributed by atoms with E-state index in [9.17, 15) is 0 Å². The average Bonchev–Trinajstić information content (AvgIpc) is 2.75. The van der Waals surface area contributed by atoms with Crippen LogP contribution in [-0.2, 0) is 11.3 Å². The second-order valence-corrected chi connectivity index (χ2v) is 6.04. The molecule has 2 rings (SSSR count). The van der Waals surface area contributed by atoms with Gasteiger partial charge < -0.3 is 10.1 Å². The van der Waals surface area contributed by atoms with E-state index < -0.39 is 0 Å². The number of nitrogens with one attached hydrogen (secondary N) is 1. The van der Waals surface area contributed by atoms with Crippen LogP contribution in [0.4, 0.5) is 0 Å². The Balaban J connectivity index is 1.93. The lowest BCUT2D eigenvalue weighted by Gasteiger charge is -2.19. The lowest BCUT2D eigenvalue weighted by molar-refractivity contribution is 0.0846. The summed E-state index contributed by atoms with van der Waals surface area (Å²) in [6.07, 6.45) is 5.76. The number of hydrogen-bond acceptors (Lipinski definition) is 3. The van der Waals surface area contributed by atoms with Gasteiger partial charge in [0.2, 0.25) is 0 Å². The Hall–Kier alpha value is 0.0300. The second-order valence-electron chi connectivity index (χ2n) is 4.27. The molecule has 0 aromatic carbocycles. The molecule has 17 heavy (non-hydrogen) atoms. The highest BCUT2D eigenvalue weighted by molar-refractivity contribution is 9.11. The van der Waals surface area contributed by atoms with Gasteiger partial charge in [0.25, 0.3) is 0 Å². The van der Waals surface area contributed by atoms with Crippen LogP contribution in [0.25, 0.3) is 0 Å². The van der Waals surface area contributed by atoms with Crippen LogP contribution in [-0.4, -0.2) is 24.2 Å². The Bertz CT molecular complexity index is 387. The zero-order valence-electron chi connectivity index (χ0n) is 9.75. The van der Waals surface area contributed by atoms with Crippen LogP contribution in [0, 0.1) is 0 Å². The van der Waals surface area contributed by atoms with Crippen molar-refractivity contribution in [3.05, 3.63) is 26.9 Å². The van der Waals surface area contributed by atoms with E-state index in [1.165, 1.54) is 12.8 Å². The molecule has 94 valence electrons. The van der Waals surface area contributed by atoms with E-state index in [-0.39, 0.29) is 0 Å². The highest BCUT2D eigenvalue weighted by Crippen LogP contribution is 2.23. The van der Waals surface area contributed by atoms with Crippen LogP contribution < -0.4 is 5.32 Å². The van der Waals surface area contributed by atoms with Crippen molar-refractivity contribution in [1.82, 2.24) is 10.3 Å². The summed E-state index contributed by atoms with van der Waals surface area (Å²) in [5, 5.41) is 3.53. The first-order valence-electron chi connectivity index (χ1n) is 5.77. The van der Waals surface area contributed by atoms with Gasteiger partial charge in [0.1, 0.15) is 0 Å². The van der Waals surface area contributed by atoms with Gasteiger partial charge in [-0.05, 0) is 57.2 Å². The molecule has 0 aliphatic heterocycles. The predicted molar refractivity (Wildman–Crippen MR) is 74.9 cm³/mol. The van der Waals surface area contributed by atoms with Gasteiger partial charge in [-0.25, -0.2) is 0 Å². The van der Waals surface area contributed by atoms with Crippen LogP contribution in [0.15, 0.2) is 21.2 Å². The first-order chi connectivity index (χ1) is 8.20. The first kappa shape index (κ1) is 13.5. The first-order valence-corrected chi connectivity index (χ1v) is 7.35. The van der Waals surface area contributed by atoms with Crippen molar-refractivity contribution >= 4 is 31.9 Å². The molecule has 1 aromatic heterocycles. The second kappa shape index (κ2) is 6.27. The fourth-order valence-corrected chi connectivity index (χ4v) is 3.37. The van der Waals surface area contributed by atoms with Crippen molar-refractivity contribution in [3.63, 3.8) is 0 Å². The maximum atomic E-state index is 5.46. The van der Waals surface area contributed by atoms with Gasteiger partial charge in [0.05, 0.1) is 11.8 Å². The van der Waals surface area contributed by atoms with Crippen molar-refractivity contribution in [2.75, 3.05) is 7.11 Å². The molecule has 2 atom stereocenters. The van der Waals surface area contributed by atoms with Gasteiger partial charge in [0.15, 0.2) is 0 Å². The van der Waals surface area contributed by atoms with Gasteiger partial charge in [-0.2, -0.15) is 0 Å². The van der Waals surface area contributed by atoms with Crippen LogP contribution >= 0.6 is 31.9 Å².